The Morgan fingerprint density at radius 2 is 1.56 bits per heavy atom. The molecule has 0 N–H and O–H groups in total. The summed E-state index contributed by atoms with van der Waals surface area (Å²) < 4.78 is 0. The van der Waals surface area contributed by atoms with Crippen molar-refractivity contribution >= 4 is 17.5 Å². The van der Waals surface area contributed by atoms with Gasteiger partial charge in [-0.1, -0.05) is 11.6 Å². The van der Waals surface area contributed by atoms with E-state index >= 15 is 0 Å². The molecule has 2 nitrogen and oxygen atoms in total. The van der Waals surface area contributed by atoms with Gasteiger partial charge in [-0.05, 0) is 49.9 Å². The van der Waals surface area contributed by atoms with E-state index in [2.05, 4.69) is 4.90 Å². The first kappa shape index (κ1) is 10.2. The molecule has 0 radical (unpaired) electrons. The molecular weight excluding hydrogens is 222 g/mol. The lowest BCUT2D eigenvalue weighted by Gasteiger charge is -2.22. The lowest BCUT2D eigenvalue weighted by Crippen LogP contribution is -2.35. The summed E-state index contributed by atoms with van der Waals surface area (Å²) in [6.07, 6.45) is 4.74. The molecule has 1 aromatic rings. The largest absolute Gasteiger partial charge is 0.333 e. The maximum absolute atomic E-state index is 12.3. The summed E-state index contributed by atoms with van der Waals surface area (Å²) in [7, 11) is 0. The van der Waals surface area contributed by atoms with E-state index in [1.807, 2.05) is 12.1 Å². The van der Waals surface area contributed by atoms with Crippen molar-refractivity contribution in [2.45, 2.75) is 37.8 Å². The second-order valence-electron chi connectivity index (χ2n) is 4.68. The van der Waals surface area contributed by atoms with Crippen LogP contribution >= 0.6 is 11.6 Å². The van der Waals surface area contributed by atoms with Crippen LogP contribution in [0.2, 0.25) is 5.02 Å². The molecule has 0 saturated carbocycles. The van der Waals surface area contributed by atoms with Crippen LogP contribution in [0, 0.1) is 0 Å². The van der Waals surface area contributed by atoms with E-state index in [1.165, 1.54) is 25.7 Å². The standard InChI is InChI=1S/C13H14ClNO/c14-10-3-1-9(2-4-10)13(16)15-11-5-6-12(15)8-7-11/h1-4,11-12H,5-8H2. The average Bonchev–Trinajstić information content (AvgIpc) is 2.88. The second kappa shape index (κ2) is 3.77. The molecule has 2 bridgehead atoms. The lowest BCUT2D eigenvalue weighted by atomic mass is 10.0. The van der Waals surface area contributed by atoms with Crippen molar-refractivity contribution in [1.29, 1.82) is 0 Å². The number of carbonyl (C=O) groups excluding carboxylic acids is 1. The van der Waals surface area contributed by atoms with Crippen molar-refractivity contribution in [2.75, 3.05) is 0 Å². The highest BCUT2D eigenvalue weighted by Gasteiger charge is 2.42. The van der Waals surface area contributed by atoms with Gasteiger partial charge in [-0.15, -0.1) is 0 Å². The fourth-order valence-electron chi connectivity index (χ4n) is 2.99. The Morgan fingerprint density at radius 3 is 2.06 bits per heavy atom. The fraction of sp³-hybridized carbons (Fsp3) is 0.462. The number of fused-ring (bicyclic) bond motifs is 2. The number of nitrogens with zero attached hydrogens (tertiary/aromatic N) is 1. The molecule has 0 atom stereocenters. The van der Waals surface area contributed by atoms with Gasteiger partial charge in [0.05, 0.1) is 0 Å². The third kappa shape index (κ3) is 1.52. The van der Waals surface area contributed by atoms with E-state index < -0.39 is 0 Å². The first-order valence-corrected chi connectivity index (χ1v) is 6.22. The van der Waals surface area contributed by atoms with Crippen molar-refractivity contribution in [1.82, 2.24) is 4.90 Å². The molecule has 2 aliphatic heterocycles. The maximum Gasteiger partial charge on any atom is 0.254 e. The molecule has 1 amide bonds. The van der Waals surface area contributed by atoms with Gasteiger partial charge < -0.3 is 4.90 Å². The Labute approximate surface area is 100 Å². The van der Waals surface area contributed by atoms with Crippen LogP contribution in [0.3, 0.4) is 0 Å². The van der Waals surface area contributed by atoms with Crippen LogP contribution < -0.4 is 0 Å². The number of halogens is 1. The van der Waals surface area contributed by atoms with Gasteiger partial charge >= 0.3 is 0 Å². The molecule has 1 aromatic carbocycles. The zero-order valence-electron chi connectivity index (χ0n) is 9.03. The summed E-state index contributed by atoms with van der Waals surface area (Å²) >= 11 is 5.82. The molecule has 2 aliphatic rings. The second-order valence-corrected chi connectivity index (χ2v) is 5.12. The van der Waals surface area contributed by atoms with Crippen LogP contribution in [-0.4, -0.2) is 22.9 Å². The zero-order chi connectivity index (χ0) is 11.1. The highest BCUT2D eigenvalue weighted by molar-refractivity contribution is 6.30. The highest BCUT2D eigenvalue weighted by Crippen LogP contribution is 2.38. The van der Waals surface area contributed by atoms with Crippen LogP contribution in [0.4, 0.5) is 0 Å². The number of rotatable bonds is 1. The van der Waals surface area contributed by atoms with Gasteiger partial charge in [-0.2, -0.15) is 0 Å². The lowest BCUT2D eigenvalue weighted by molar-refractivity contribution is 0.0730. The molecule has 3 rings (SSSR count). The van der Waals surface area contributed by atoms with E-state index in [1.54, 1.807) is 12.1 Å². The third-order valence-electron chi connectivity index (χ3n) is 3.78. The summed E-state index contributed by atoms with van der Waals surface area (Å²) in [6.45, 7) is 0. The Kier molecular flexibility index (Phi) is 2.40. The number of hydrogen-bond acceptors (Lipinski definition) is 1. The van der Waals surface area contributed by atoms with Crippen molar-refractivity contribution in [3.63, 3.8) is 0 Å². The maximum atomic E-state index is 12.3. The molecule has 2 saturated heterocycles. The SMILES string of the molecule is O=C(c1ccc(Cl)cc1)N1C2CCC1CC2. The quantitative estimate of drug-likeness (QED) is 0.733. The normalized spacial score (nSPS) is 27.4. The van der Waals surface area contributed by atoms with E-state index in [0.29, 0.717) is 17.1 Å². The molecule has 0 spiro atoms. The minimum Gasteiger partial charge on any atom is -0.333 e. The highest BCUT2D eigenvalue weighted by atomic mass is 35.5. The van der Waals surface area contributed by atoms with Crippen LogP contribution in [0.5, 0.6) is 0 Å². The van der Waals surface area contributed by atoms with Gasteiger partial charge in [0.2, 0.25) is 0 Å². The van der Waals surface area contributed by atoms with Gasteiger partial charge in [0.15, 0.2) is 0 Å². The van der Waals surface area contributed by atoms with Crippen LogP contribution in [0.25, 0.3) is 0 Å². The van der Waals surface area contributed by atoms with Crippen LogP contribution in [-0.2, 0) is 0 Å². The summed E-state index contributed by atoms with van der Waals surface area (Å²) in [4.78, 5) is 14.4. The summed E-state index contributed by atoms with van der Waals surface area (Å²) in [5.74, 6) is 0.182. The molecule has 3 heteroatoms. The molecule has 16 heavy (non-hydrogen) atoms. The predicted octanol–water partition coefficient (Wildman–Crippen LogP) is 3.11. The first-order chi connectivity index (χ1) is 7.75. The molecule has 0 unspecified atom stereocenters. The fourth-order valence-corrected chi connectivity index (χ4v) is 3.11. The zero-order valence-corrected chi connectivity index (χ0v) is 9.78. The van der Waals surface area contributed by atoms with Crippen molar-refractivity contribution in [3.8, 4) is 0 Å². The third-order valence-corrected chi connectivity index (χ3v) is 4.03. The van der Waals surface area contributed by atoms with Gasteiger partial charge in [0, 0.05) is 22.7 Å². The van der Waals surface area contributed by atoms with Crippen LogP contribution in [0.15, 0.2) is 24.3 Å². The Hall–Kier alpha value is -1.02. The Balaban J connectivity index is 1.85. The smallest absolute Gasteiger partial charge is 0.254 e. The predicted molar refractivity (Wildman–Crippen MR) is 63.7 cm³/mol. The van der Waals surface area contributed by atoms with E-state index in [9.17, 15) is 4.79 Å². The molecule has 0 aromatic heterocycles. The summed E-state index contributed by atoms with van der Waals surface area (Å²) in [5.41, 5.74) is 0.767. The molecule has 0 aliphatic carbocycles. The average molecular weight is 236 g/mol. The number of carbonyl (C=O) groups is 1. The van der Waals surface area contributed by atoms with Crippen LogP contribution in [0.1, 0.15) is 36.0 Å². The van der Waals surface area contributed by atoms with Gasteiger partial charge in [0.1, 0.15) is 0 Å². The van der Waals surface area contributed by atoms with E-state index in [-0.39, 0.29) is 5.91 Å². The topological polar surface area (TPSA) is 20.3 Å². The van der Waals surface area contributed by atoms with Crippen molar-refractivity contribution in [3.05, 3.63) is 34.9 Å². The number of benzene rings is 1. The molecular formula is C13H14ClNO. The van der Waals surface area contributed by atoms with Gasteiger partial charge in [-0.25, -0.2) is 0 Å². The summed E-state index contributed by atoms with van der Waals surface area (Å²) in [5, 5.41) is 0.681. The molecule has 2 fully saturated rings. The Morgan fingerprint density at radius 1 is 1.06 bits per heavy atom. The number of hydrogen-bond donors (Lipinski definition) is 0. The van der Waals surface area contributed by atoms with E-state index in [0.717, 1.165) is 5.56 Å². The minimum atomic E-state index is 0.182. The molecule has 2 heterocycles. The van der Waals surface area contributed by atoms with Crippen molar-refractivity contribution in [2.24, 2.45) is 0 Å². The number of amides is 1. The van der Waals surface area contributed by atoms with E-state index in [4.69, 9.17) is 11.6 Å². The summed E-state index contributed by atoms with van der Waals surface area (Å²) in [6, 6.07) is 8.20. The monoisotopic (exact) mass is 235 g/mol. The molecule has 84 valence electrons. The van der Waals surface area contributed by atoms with Crippen molar-refractivity contribution < 1.29 is 4.79 Å². The van der Waals surface area contributed by atoms with Gasteiger partial charge in [-0.3, -0.25) is 4.79 Å². The first-order valence-electron chi connectivity index (χ1n) is 5.84. The minimum absolute atomic E-state index is 0.182. The van der Waals surface area contributed by atoms with Gasteiger partial charge in [0.25, 0.3) is 5.91 Å². The Bertz CT molecular complexity index is 394.